The summed E-state index contributed by atoms with van der Waals surface area (Å²) in [4.78, 5) is 15.7. The first kappa shape index (κ1) is 17.5. The summed E-state index contributed by atoms with van der Waals surface area (Å²) in [5, 5.41) is 0. The van der Waals surface area contributed by atoms with Gasteiger partial charge in [0.25, 0.3) is 0 Å². The van der Waals surface area contributed by atoms with Gasteiger partial charge < -0.3 is 18.6 Å². The van der Waals surface area contributed by atoms with Crippen LogP contribution in [0.2, 0.25) is 0 Å². The molecule has 0 aliphatic rings. The molecule has 0 N–H and O–H groups in total. The lowest BCUT2D eigenvalue weighted by atomic mass is 10.2. The number of oxazole rings is 1. The Labute approximate surface area is 149 Å². The number of benzene rings is 2. The number of hydrogen-bond acceptors (Lipinski definition) is 6. The fourth-order valence-corrected chi connectivity index (χ4v) is 2.30. The van der Waals surface area contributed by atoms with Crippen molar-refractivity contribution in [2.45, 2.75) is 6.61 Å². The average molecular weight is 357 g/mol. The molecule has 7 heteroatoms. The summed E-state index contributed by atoms with van der Waals surface area (Å²) in [6, 6.07) is 10.6. The molecule has 3 aromatic rings. The van der Waals surface area contributed by atoms with Crippen LogP contribution < -0.4 is 9.47 Å². The summed E-state index contributed by atoms with van der Waals surface area (Å²) in [5.74, 6) is 0.894. The molecule has 0 amide bonds. The van der Waals surface area contributed by atoms with Gasteiger partial charge in [-0.15, -0.1) is 0 Å². The minimum absolute atomic E-state index is 0.0646. The third kappa shape index (κ3) is 3.83. The smallest absolute Gasteiger partial charge is 0.337 e. The third-order valence-corrected chi connectivity index (χ3v) is 3.62. The van der Waals surface area contributed by atoms with Crippen molar-refractivity contribution in [1.82, 2.24) is 4.98 Å². The average Bonchev–Trinajstić information content (AvgIpc) is 3.15. The quantitative estimate of drug-likeness (QED) is 0.624. The molecule has 1 heterocycles. The summed E-state index contributed by atoms with van der Waals surface area (Å²) >= 11 is 0. The van der Waals surface area contributed by atoms with E-state index in [1.165, 1.54) is 32.4 Å². The van der Waals surface area contributed by atoms with Gasteiger partial charge in [-0.1, -0.05) is 0 Å². The number of rotatable bonds is 6. The number of carbonyl (C=O) groups is 1. The van der Waals surface area contributed by atoms with E-state index in [1.54, 1.807) is 30.5 Å². The first-order valence-electron chi connectivity index (χ1n) is 7.70. The van der Waals surface area contributed by atoms with Crippen molar-refractivity contribution in [2.24, 2.45) is 0 Å². The van der Waals surface area contributed by atoms with E-state index in [0.29, 0.717) is 34.3 Å². The molecule has 0 spiro atoms. The van der Waals surface area contributed by atoms with Crippen LogP contribution in [0.4, 0.5) is 4.39 Å². The van der Waals surface area contributed by atoms with Crippen LogP contribution in [0.5, 0.6) is 11.5 Å². The summed E-state index contributed by atoms with van der Waals surface area (Å²) < 4.78 is 34.2. The van der Waals surface area contributed by atoms with E-state index < -0.39 is 5.97 Å². The number of nitrogens with zero attached hydrogens (tertiary/aromatic N) is 1. The molecule has 0 aliphatic heterocycles. The number of aromatic nitrogens is 1. The molecule has 0 fully saturated rings. The van der Waals surface area contributed by atoms with Crippen molar-refractivity contribution in [2.75, 3.05) is 14.2 Å². The molecule has 2 aromatic carbocycles. The van der Waals surface area contributed by atoms with Crippen molar-refractivity contribution >= 4 is 5.97 Å². The Morgan fingerprint density at radius 2 is 1.88 bits per heavy atom. The van der Waals surface area contributed by atoms with Crippen LogP contribution in [0.1, 0.15) is 16.2 Å². The standard InChI is InChI=1S/C19H16FNO5/c1-23-16-9-13(19(22)24-2)5-8-15(16)25-11-18-21-10-17(26-18)12-3-6-14(20)7-4-12/h3-10H,11H2,1-2H3. The van der Waals surface area contributed by atoms with Gasteiger partial charge in [-0.25, -0.2) is 14.2 Å². The fourth-order valence-electron chi connectivity index (χ4n) is 2.30. The second kappa shape index (κ2) is 7.69. The molecule has 0 saturated carbocycles. The highest BCUT2D eigenvalue weighted by molar-refractivity contribution is 5.90. The number of esters is 1. The Balaban J connectivity index is 1.71. The molecule has 6 nitrogen and oxygen atoms in total. The highest BCUT2D eigenvalue weighted by Gasteiger charge is 2.13. The normalized spacial score (nSPS) is 10.4. The van der Waals surface area contributed by atoms with Gasteiger partial charge in [0.2, 0.25) is 5.89 Å². The summed E-state index contributed by atoms with van der Waals surface area (Å²) in [6.45, 7) is 0.0646. The van der Waals surface area contributed by atoms with Crippen LogP contribution in [0.25, 0.3) is 11.3 Å². The van der Waals surface area contributed by atoms with Crippen LogP contribution in [0.15, 0.2) is 53.1 Å². The zero-order valence-electron chi connectivity index (χ0n) is 14.2. The second-order valence-corrected chi connectivity index (χ2v) is 5.27. The number of ether oxygens (including phenoxy) is 3. The molecule has 1 aromatic heterocycles. The first-order chi connectivity index (χ1) is 12.6. The van der Waals surface area contributed by atoms with E-state index in [0.717, 1.165) is 0 Å². The molecule has 3 rings (SSSR count). The molecule has 26 heavy (non-hydrogen) atoms. The van der Waals surface area contributed by atoms with Gasteiger partial charge >= 0.3 is 5.97 Å². The maximum Gasteiger partial charge on any atom is 0.337 e. The van der Waals surface area contributed by atoms with Crippen molar-refractivity contribution in [3.8, 4) is 22.8 Å². The van der Waals surface area contributed by atoms with Crippen molar-refractivity contribution < 1.29 is 27.8 Å². The molecule has 0 radical (unpaired) electrons. The van der Waals surface area contributed by atoms with Crippen LogP contribution >= 0.6 is 0 Å². The number of halogens is 1. The van der Waals surface area contributed by atoms with Crippen LogP contribution in [0.3, 0.4) is 0 Å². The summed E-state index contributed by atoms with van der Waals surface area (Å²) in [5.41, 5.74) is 1.07. The summed E-state index contributed by atoms with van der Waals surface area (Å²) in [7, 11) is 2.78. The number of carbonyl (C=O) groups excluding carboxylic acids is 1. The van der Waals surface area contributed by atoms with Gasteiger partial charge in [-0.3, -0.25) is 0 Å². The Morgan fingerprint density at radius 3 is 2.58 bits per heavy atom. The first-order valence-corrected chi connectivity index (χ1v) is 7.70. The van der Waals surface area contributed by atoms with Crippen molar-refractivity contribution in [1.29, 1.82) is 0 Å². The Bertz CT molecular complexity index is 905. The van der Waals surface area contributed by atoms with Gasteiger partial charge in [-0.05, 0) is 42.5 Å². The largest absolute Gasteiger partial charge is 0.493 e. The van der Waals surface area contributed by atoms with Crippen molar-refractivity contribution in [3.05, 3.63) is 65.9 Å². The van der Waals surface area contributed by atoms with Crippen LogP contribution in [-0.2, 0) is 11.3 Å². The maximum atomic E-state index is 13.0. The minimum atomic E-state index is -0.466. The second-order valence-electron chi connectivity index (χ2n) is 5.27. The lowest BCUT2D eigenvalue weighted by molar-refractivity contribution is 0.0600. The molecule has 0 aliphatic carbocycles. The Hall–Kier alpha value is -3.35. The minimum Gasteiger partial charge on any atom is -0.493 e. The third-order valence-electron chi connectivity index (χ3n) is 3.62. The predicted octanol–water partition coefficient (Wildman–Crippen LogP) is 3.85. The molecule has 134 valence electrons. The SMILES string of the molecule is COC(=O)c1ccc(OCc2ncc(-c3ccc(F)cc3)o2)c(OC)c1. The molecule has 0 unspecified atom stereocenters. The van der Waals surface area contributed by atoms with Gasteiger partial charge in [-0.2, -0.15) is 0 Å². The topological polar surface area (TPSA) is 70.8 Å². The zero-order valence-corrected chi connectivity index (χ0v) is 14.2. The van der Waals surface area contributed by atoms with E-state index in [-0.39, 0.29) is 12.4 Å². The molecule has 0 atom stereocenters. The van der Waals surface area contributed by atoms with E-state index in [4.69, 9.17) is 13.9 Å². The lowest BCUT2D eigenvalue weighted by Gasteiger charge is -2.10. The van der Waals surface area contributed by atoms with Gasteiger partial charge in [0.1, 0.15) is 5.82 Å². The van der Waals surface area contributed by atoms with E-state index in [2.05, 4.69) is 9.72 Å². The van der Waals surface area contributed by atoms with Gasteiger partial charge in [0.15, 0.2) is 23.9 Å². The van der Waals surface area contributed by atoms with Crippen LogP contribution in [-0.4, -0.2) is 25.2 Å². The maximum absolute atomic E-state index is 13.0. The Kier molecular flexibility index (Phi) is 5.17. The van der Waals surface area contributed by atoms with Gasteiger partial charge in [0, 0.05) is 5.56 Å². The molecular formula is C19H16FNO5. The zero-order chi connectivity index (χ0) is 18.5. The van der Waals surface area contributed by atoms with Crippen LogP contribution in [0, 0.1) is 5.82 Å². The van der Waals surface area contributed by atoms with E-state index in [9.17, 15) is 9.18 Å². The van der Waals surface area contributed by atoms with E-state index >= 15 is 0 Å². The highest BCUT2D eigenvalue weighted by Crippen LogP contribution is 2.29. The Morgan fingerprint density at radius 1 is 1.12 bits per heavy atom. The molecule has 0 saturated heterocycles. The van der Waals surface area contributed by atoms with E-state index in [1.807, 2.05) is 0 Å². The van der Waals surface area contributed by atoms with Gasteiger partial charge in [0.05, 0.1) is 26.0 Å². The predicted molar refractivity (Wildman–Crippen MR) is 90.6 cm³/mol. The number of hydrogen-bond donors (Lipinski definition) is 0. The van der Waals surface area contributed by atoms with Crippen molar-refractivity contribution in [3.63, 3.8) is 0 Å². The molecule has 0 bridgehead atoms. The fraction of sp³-hybridized carbons (Fsp3) is 0.158. The molecular weight excluding hydrogens is 341 g/mol. The number of methoxy groups -OCH3 is 2. The highest BCUT2D eigenvalue weighted by atomic mass is 19.1. The monoisotopic (exact) mass is 357 g/mol. The lowest BCUT2D eigenvalue weighted by Crippen LogP contribution is -2.03. The summed E-state index contributed by atoms with van der Waals surface area (Å²) in [6.07, 6.45) is 1.55.